The smallest absolute Gasteiger partial charge is 0.273 e. The average molecular weight is 373 g/mol. The van der Waals surface area contributed by atoms with Crippen molar-refractivity contribution in [3.63, 3.8) is 0 Å². The van der Waals surface area contributed by atoms with Crippen LogP contribution in [0.5, 0.6) is 0 Å². The summed E-state index contributed by atoms with van der Waals surface area (Å²) in [6, 6.07) is 19.2. The molecule has 1 aliphatic carbocycles. The molecule has 6 rings (SSSR count). The van der Waals surface area contributed by atoms with Gasteiger partial charge in [-0.05, 0) is 42.0 Å². The van der Waals surface area contributed by atoms with E-state index in [0.717, 1.165) is 18.7 Å². The number of nitrogens with one attached hydrogen (secondary N) is 2. The summed E-state index contributed by atoms with van der Waals surface area (Å²) < 4.78 is 5.58. The Kier molecular flexibility index (Phi) is 4.45. The fourth-order valence-electron chi connectivity index (χ4n) is 4.43. The number of rotatable bonds is 6. The zero-order valence-corrected chi connectivity index (χ0v) is 15.6. The maximum Gasteiger partial charge on any atom is 0.273 e. The van der Waals surface area contributed by atoms with Crippen molar-refractivity contribution in [2.75, 3.05) is 13.1 Å². The Morgan fingerprint density at radius 1 is 1.11 bits per heavy atom. The van der Waals surface area contributed by atoms with Gasteiger partial charge in [0.05, 0.1) is 0 Å². The quantitative estimate of drug-likeness (QED) is 0.695. The van der Waals surface area contributed by atoms with E-state index < -0.39 is 0 Å². The highest BCUT2D eigenvalue weighted by Crippen LogP contribution is 2.47. The van der Waals surface area contributed by atoms with E-state index in [1.54, 1.807) is 0 Å². The molecule has 3 unspecified atom stereocenters. The maximum atomic E-state index is 12.6. The number of nitrogens with zero attached hydrogens (tertiary/aromatic N) is 1. The average Bonchev–Trinajstić information content (AvgIpc) is 3.47. The van der Waals surface area contributed by atoms with Gasteiger partial charge in [-0.25, -0.2) is 4.98 Å². The molecule has 0 spiro atoms. The van der Waals surface area contributed by atoms with Crippen molar-refractivity contribution < 1.29 is 9.21 Å². The molecule has 2 saturated heterocycles. The molecule has 0 radical (unpaired) electrons. The van der Waals surface area contributed by atoms with E-state index in [1.165, 1.54) is 29.5 Å². The monoisotopic (exact) mass is 373 g/mol. The molecule has 142 valence electrons. The molecule has 28 heavy (non-hydrogen) atoms. The molecule has 5 heteroatoms. The third kappa shape index (κ3) is 3.12. The summed E-state index contributed by atoms with van der Waals surface area (Å²) in [4.78, 5) is 16.8. The minimum Gasteiger partial charge on any atom is -0.447 e. The highest BCUT2D eigenvalue weighted by atomic mass is 16.3. The van der Waals surface area contributed by atoms with Crippen LogP contribution in [-0.2, 0) is 6.42 Å². The van der Waals surface area contributed by atoms with Crippen LogP contribution in [0.4, 0.5) is 0 Å². The van der Waals surface area contributed by atoms with E-state index >= 15 is 0 Å². The fraction of sp³-hybridized carbons (Fsp3) is 0.304. The summed E-state index contributed by atoms with van der Waals surface area (Å²) in [5, 5.41) is 6.45. The van der Waals surface area contributed by atoms with Gasteiger partial charge in [0, 0.05) is 18.5 Å². The molecule has 3 fully saturated rings. The normalized spacial score (nSPS) is 22.6. The molecule has 1 saturated carbocycles. The Hall–Kier alpha value is -2.92. The van der Waals surface area contributed by atoms with Crippen molar-refractivity contribution in [3.05, 3.63) is 78.0 Å². The van der Waals surface area contributed by atoms with Gasteiger partial charge in [0.15, 0.2) is 12.1 Å². The van der Waals surface area contributed by atoms with Crippen molar-refractivity contribution >= 4 is 5.91 Å². The molecule has 1 aromatic heterocycles. The van der Waals surface area contributed by atoms with Gasteiger partial charge in [0.2, 0.25) is 0 Å². The fourth-order valence-corrected chi connectivity index (χ4v) is 4.43. The molecule has 3 aromatic rings. The second-order valence-electron chi connectivity index (χ2n) is 7.67. The topological polar surface area (TPSA) is 67.2 Å². The van der Waals surface area contributed by atoms with E-state index in [4.69, 9.17) is 4.42 Å². The first-order valence-electron chi connectivity index (χ1n) is 9.89. The van der Waals surface area contributed by atoms with Gasteiger partial charge in [0.25, 0.3) is 5.91 Å². The molecular weight excluding hydrogens is 350 g/mol. The van der Waals surface area contributed by atoms with E-state index in [9.17, 15) is 4.79 Å². The zero-order valence-electron chi connectivity index (χ0n) is 15.6. The van der Waals surface area contributed by atoms with Crippen molar-refractivity contribution in [3.8, 4) is 11.1 Å². The number of amides is 1. The number of hydrogen-bond donors (Lipinski definition) is 2. The number of fused-ring (bicyclic) bond motifs is 1. The van der Waals surface area contributed by atoms with Crippen molar-refractivity contribution in [1.29, 1.82) is 0 Å². The zero-order chi connectivity index (χ0) is 18.9. The van der Waals surface area contributed by atoms with Crippen LogP contribution < -0.4 is 10.6 Å². The van der Waals surface area contributed by atoms with Crippen molar-refractivity contribution in [1.82, 2.24) is 15.6 Å². The number of hydrogen-bond acceptors (Lipinski definition) is 4. The number of carbonyl (C=O) groups excluding carboxylic acids is 1. The summed E-state index contributed by atoms with van der Waals surface area (Å²) in [6.45, 7) is 1.58. The minimum atomic E-state index is -0.143. The molecule has 2 aromatic carbocycles. The highest BCUT2D eigenvalue weighted by Gasteiger charge is 2.50. The Bertz CT molecular complexity index is 951. The number of aromatic nitrogens is 1. The molecule has 2 bridgehead atoms. The van der Waals surface area contributed by atoms with Crippen LogP contribution in [0.15, 0.2) is 65.4 Å². The van der Waals surface area contributed by atoms with Crippen LogP contribution in [0, 0.1) is 5.92 Å². The van der Waals surface area contributed by atoms with Gasteiger partial charge in [-0.3, -0.25) is 4.79 Å². The molecule has 3 atom stereocenters. The Morgan fingerprint density at radius 3 is 2.61 bits per heavy atom. The van der Waals surface area contributed by atoms with Crippen molar-refractivity contribution in [2.24, 2.45) is 5.92 Å². The Balaban J connectivity index is 1.18. The Morgan fingerprint density at radius 2 is 1.89 bits per heavy atom. The first-order chi connectivity index (χ1) is 13.8. The lowest BCUT2D eigenvalue weighted by atomic mass is 9.72. The SMILES string of the molecule is O=C(NCCc1ccc(-c2ccccc2)cc1)c1ncoc1C1C2CNC1C2. The molecule has 3 aliphatic rings. The summed E-state index contributed by atoms with van der Waals surface area (Å²) in [6.07, 6.45) is 3.35. The summed E-state index contributed by atoms with van der Waals surface area (Å²) in [7, 11) is 0. The molecule has 2 N–H and O–H groups in total. The number of benzene rings is 2. The maximum absolute atomic E-state index is 12.6. The second-order valence-corrected chi connectivity index (χ2v) is 7.67. The Labute approximate surface area is 164 Å². The number of oxazole rings is 1. The van der Waals surface area contributed by atoms with Gasteiger partial charge >= 0.3 is 0 Å². The lowest BCUT2D eigenvalue weighted by Crippen LogP contribution is -2.36. The largest absolute Gasteiger partial charge is 0.447 e. The van der Waals surface area contributed by atoms with Crippen LogP contribution in [0.25, 0.3) is 11.1 Å². The van der Waals surface area contributed by atoms with Crippen LogP contribution in [0.2, 0.25) is 0 Å². The lowest BCUT2D eigenvalue weighted by molar-refractivity contribution is 0.0945. The van der Waals surface area contributed by atoms with Gasteiger partial charge in [-0.15, -0.1) is 0 Å². The highest BCUT2D eigenvalue weighted by molar-refractivity contribution is 5.93. The summed E-state index contributed by atoms with van der Waals surface area (Å²) in [5.41, 5.74) is 4.05. The van der Waals surface area contributed by atoms with Crippen molar-refractivity contribution in [2.45, 2.75) is 24.8 Å². The van der Waals surface area contributed by atoms with Gasteiger partial charge in [-0.1, -0.05) is 54.6 Å². The van der Waals surface area contributed by atoms with Gasteiger partial charge in [-0.2, -0.15) is 0 Å². The van der Waals surface area contributed by atoms with Gasteiger partial charge < -0.3 is 15.1 Å². The first-order valence-corrected chi connectivity index (χ1v) is 9.89. The van der Waals surface area contributed by atoms with Crippen LogP contribution >= 0.6 is 0 Å². The van der Waals surface area contributed by atoms with E-state index in [0.29, 0.717) is 30.1 Å². The van der Waals surface area contributed by atoms with E-state index in [-0.39, 0.29) is 5.91 Å². The molecule has 3 heterocycles. The van der Waals surface area contributed by atoms with E-state index in [1.807, 2.05) is 18.2 Å². The molecular formula is C23H23N3O2. The molecule has 1 amide bonds. The minimum absolute atomic E-state index is 0.143. The predicted molar refractivity (Wildman–Crippen MR) is 107 cm³/mol. The summed E-state index contributed by atoms with van der Waals surface area (Å²) >= 11 is 0. The number of carbonyl (C=O) groups is 1. The first kappa shape index (κ1) is 17.2. The van der Waals surface area contributed by atoms with Crippen LogP contribution in [0.3, 0.4) is 0 Å². The van der Waals surface area contributed by atoms with Crippen LogP contribution in [-0.4, -0.2) is 30.0 Å². The van der Waals surface area contributed by atoms with Crippen LogP contribution in [0.1, 0.15) is 34.2 Å². The van der Waals surface area contributed by atoms with Gasteiger partial charge in [0.1, 0.15) is 5.76 Å². The summed E-state index contributed by atoms with van der Waals surface area (Å²) in [5.74, 6) is 1.48. The standard InChI is InChI=1S/C23H23N3O2/c27-23(21-22(28-14-26-21)20-18-12-19(20)25-13-18)24-11-10-15-6-8-17(9-7-15)16-4-2-1-3-5-16/h1-9,14,18-20,25H,10-13H2,(H,24,27). The molecule has 5 nitrogen and oxygen atoms in total. The lowest BCUT2D eigenvalue weighted by Gasteiger charge is -2.32. The third-order valence-electron chi connectivity index (χ3n) is 6.01. The third-order valence-corrected chi connectivity index (χ3v) is 6.01. The van der Waals surface area contributed by atoms with E-state index in [2.05, 4.69) is 52.0 Å². The predicted octanol–water partition coefficient (Wildman–Crippen LogP) is 3.39. The second kappa shape index (κ2) is 7.24. The molecule has 2 aliphatic heterocycles.